The van der Waals surface area contributed by atoms with Crippen LogP contribution in [0.15, 0.2) is 29.2 Å². The van der Waals surface area contributed by atoms with Gasteiger partial charge in [0.15, 0.2) is 0 Å². The molecule has 0 aromatic heterocycles. The maximum Gasteiger partial charge on any atom is 0.0576 e. The molecule has 3 atom stereocenters. The third kappa shape index (κ3) is 3.92. The normalized spacial score (nSPS) is 16.2. The van der Waals surface area contributed by atoms with E-state index < -0.39 is 10.8 Å². The molecule has 3 heteroatoms. The number of hydrogen-bond donors (Lipinski definition) is 1. The SMILES string of the molecule is CCCNC(CC)C(C)S(=O)c1ccccc1C. The Morgan fingerprint density at radius 2 is 1.94 bits per heavy atom. The average Bonchev–Trinajstić information content (AvgIpc) is 2.39. The van der Waals surface area contributed by atoms with E-state index in [0.717, 1.165) is 29.8 Å². The highest BCUT2D eigenvalue weighted by molar-refractivity contribution is 7.85. The van der Waals surface area contributed by atoms with Crippen LogP contribution in [0.2, 0.25) is 0 Å². The third-order valence-electron chi connectivity index (χ3n) is 3.31. The van der Waals surface area contributed by atoms with Gasteiger partial charge >= 0.3 is 0 Å². The molecule has 0 amide bonds. The predicted molar refractivity (Wildman–Crippen MR) is 79.4 cm³/mol. The van der Waals surface area contributed by atoms with Crippen molar-refractivity contribution in [1.82, 2.24) is 5.32 Å². The van der Waals surface area contributed by atoms with Crippen molar-refractivity contribution in [2.24, 2.45) is 0 Å². The molecule has 2 nitrogen and oxygen atoms in total. The van der Waals surface area contributed by atoms with E-state index in [9.17, 15) is 4.21 Å². The van der Waals surface area contributed by atoms with Gasteiger partial charge in [-0.1, -0.05) is 32.0 Å². The monoisotopic (exact) mass is 267 g/mol. The zero-order chi connectivity index (χ0) is 13.5. The predicted octanol–water partition coefficient (Wildman–Crippen LogP) is 3.27. The molecule has 0 aliphatic rings. The van der Waals surface area contributed by atoms with Crippen LogP contribution >= 0.6 is 0 Å². The van der Waals surface area contributed by atoms with E-state index in [1.807, 2.05) is 31.2 Å². The van der Waals surface area contributed by atoms with Crippen LogP contribution in [0, 0.1) is 6.92 Å². The molecule has 1 rings (SSSR count). The lowest BCUT2D eigenvalue weighted by Crippen LogP contribution is -2.40. The van der Waals surface area contributed by atoms with E-state index in [1.54, 1.807) is 0 Å². The minimum absolute atomic E-state index is 0.141. The van der Waals surface area contributed by atoms with E-state index in [0.29, 0.717) is 6.04 Å². The molecule has 1 aromatic rings. The van der Waals surface area contributed by atoms with Crippen molar-refractivity contribution in [3.8, 4) is 0 Å². The quantitative estimate of drug-likeness (QED) is 0.821. The summed E-state index contributed by atoms with van der Waals surface area (Å²) in [4.78, 5) is 0.974. The molecule has 0 aliphatic heterocycles. The largest absolute Gasteiger partial charge is 0.313 e. The zero-order valence-electron chi connectivity index (χ0n) is 11.9. The first-order chi connectivity index (χ1) is 8.61. The molecule has 1 N–H and O–H groups in total. The summed E-state index contributed by atoms with van der Waals surface area (Å²) in [7, 11) is -0.936. The summed E-state index contributed by atoms with van der Waals surface area (Å²) in [6.07, 6.45) is 2.12. The summed E-state index contributed by atoms with van der Waals surface area (Å²) in [5.74, 6) is 0. The van der Waals surface area contributed by atoms with Gasteiger partial charge in [-0.25, -0.2) is 0 Å². The maximum absolute atomic E-state index is 12.6. The van der Waals surface area contributed by atoms with Gasteiger partial charge in [-0.3, -0.25) is 4.21 Å². The first-order valence-corrected chi connectivity index (χ1v) is 8.02. The van der Waals surface area contributed by atoms with Crippen molar-refractivity contribution in [2.75, 3.05) is 6.54 Å². The summed E-state index contributed by atoms with van der Waals surface area (Å²) < 4.78 is 12.6. The molecule has 0 fully saturated rings. The molecule has 3 unspecified atom stereocenters. The second-order valence-corrected chi connectivity index (χ2v) is 6.52. The van der Waals surface area contributed by atoms with E-state index >= 15 is 0 Å². The van der Waals surface area contributed by atoms with E-state index in [1.165, 1.54) is 0 Å². The minimum atomic E-state index is -0.936. The molecule has 0 aliphatic carbocycles. The fraction of sp³-hybridized carbons (Fsp3) is 0.600. The number of rotatable bonds is 7. The average molecular weight is 267 g/mol. The van der Waals surface area contributed by atoms with E-state index in [4.69, 9.17) is 0 Å². The van der Waals surface area contributed by atoms with E-state index in [-0.39, 0.29) is 5.25 Å². The fourth-order valence-corrected chi connectivity index (χ4v) is 3.69. The molecule has 1 aromatic carbocycles. The summed E-state index contributed by atoms with van der Waals surface area (Å²) in [6, 6.07) is 8.29. The highest BCUT2D eigenvalue weighted by atomic mass is 32.2. The molecule has 0 radical (unpaired) electrons. The van der Waals surface area contributed by atoms with Crippen LogP contribution in [-0.4, -0.2) is 22.0 Å². The van der Waals surface area contributed by atoms with Crippen LogP contribution in [0.4, 0.5) is 0 Å². The lowest BCUT2D eigenvalue weighted by Gasteiger charge is -2.24. The molecule has 0 bridgehead atoms. The van der Waals surface area contributed by atoms with Crippen molar-refractivity contribution >= 4 is 10.8 Å². The minimum Gasteiger partial charge on any atom is -0.313 e. The van der Waals surface area contributed by atoms with Gasteiger partial charge < -0.3 is 5.32 Å². The maximum atomic E-state index is 12.6. The number of hydrogen-bond acceptors (Lipinski definition) is 2. The summed E-state index contributed by atoms with van der Waals surface area (Å²) in [5.41, 5.74) is 1.12. The molecular formula is C15H25NOS. The summed E-state index contributed by atoms with van der Waals surface area (Å²) in [6.45, 7) is 9.41. The highest BCUT2D eigenvalue weighted by Crippen LogP contribution is 2.18. The Labute approximate surface area is 114 Å². The summed E-state index contributed by atoms with van der Waals surface area (Å²) >= 11 is 0. The first kappa shape index (κ1) is 15.4. The van der Waals surface area contributed by atoms with Crippen molar-refractivity contribution in [3.63, 3.8) is 0 Å². The molecule has 0 spiro atoms. The fourth-order valence-electron chi connectivity index (χ4n) is 2.10. The van der Waals surface area contributed by atoms with Gasteiger partial charge in [0.2, 0.25) is 0 Å². The van der Waals surface area contributed by atoms with Gasteiger partial charge in [0.25, 0.3) is 0 Å². The van der Waals surface area contributed by atoms with E-state index in [2.05, 4.69) is 26.1 Å². The Balaban J connectivity index is 2.79. The molecule has 0 saturated heterocycles. The first-order valence-electron chi connectivity index (χ1n) is 6.81. The molecular weight excluding hydrogens is 242 g/mol. The van der Waals surface area contributed by atoms with Gasteiger partial charge in [-0.05, 0) is 44.9 Å². The molecule has 18 heavy (non-hydrogen) atoms. The van der Waals surface area contributed by atoms with Crippen LogP contribution in [0.1, 0.15) is 39.2 Å². The Kier molecular flexibility index (Phi) is 6.58. The Morgan fingerprint density at radius 1 is 1.28 bits per heavy atom. The van der Waals surface area contributed by atoms with Crippen LogP contribution in [0.3, 0.4) is 0 Å². The number of nitrogens with one attached hydrogen (secondary N) is 1. The van der Waals surface area contributed by atoms with Crippen molar-refractivity contribution in [1.29, 1.82) is 0 Å². The van der Waals surface area contributed by atoms with Crippen LogP contribution < -0.4 is 5.32 Å². The van der Waals surface area contributed by atoms with Crippen molar-refractivity contribution in [2.45, 2.75) is 56.7 Å². The Morgan fingerprint density at radius 3 is 2.50 bits per heavy atom. The standard InChI is InChI=1S/C15H25NOS/c1-5-11-16-14(6-2)13(4)18(17)15-10-8-7-9-12(15)3/h7-10,13-14,16H,5-6,11H2,1-4H3. The van der Waals surface area contributed by atoms with Crippen LogP contribution in [-0.2, 0) is 10.8 Å². The van der Waals surface area contributed by atoms with Gasteiger partial charge in [0.05, 0.1) is 16.0 Å². The lowest BCUT2D eigenvalue weighted by molar-refractivity contribution is 0.486. The third-order valence-corrected chi connectivity index (χ3v) is 5.21. The van der Waals surface area contributed by atoms with Gasteiger partial charge in [0.1, 0.15) is 0 Å². The Hall–Kier alpha value is -0.670. The number of aryl methyl sites for hydroxylation is 1. The lowest BCUT2D eigenvalue weighted by atomic mass is 10.1. The molecule has 0 heterocycles. The second kappa shape index (κ2) is 7.70. The van der Waals surface area contributed by atoms with Crippen LogP contribution in [0.25, 0.3) is 0 Å². The molecule has 102 valence electrons. The van der Waals surface area contributed by atoms with Gasteiger partial charge in [-0.15, -0.1) is 0 Å². The Bertz CT molecular complexity index is 392. The molecule has 0 saturated carbocycles. The van der Waals surface area contributed by atoms with Gasteiger partial charge in [0, 0.05) is 10.9 Å². The van der Waals surface area contributed by atoms with Gasteiger partial charge in [-0.2, -0.15) is 0 Å². The summed E-state index contributed by atoms with van der Waals surface area (Å²) in [5, 5.41) is 3.64. The number of benzene rings is 1. The second-order valence-electron chi connectivity index (χ2n) is 4.74. The zero-order valence-corrected chi connectivity index (χ0v) is 12.7. The van der Waals surface area contributed by atoms with Crippen molar-refractivity contribution in [3.05, 3.63) is 29.8 Å². The highest BCUT2D eigenvalue weighted by Gasteiger charge is 2.22. The smallest absolute Gasteiger partial charge is 0.0576 e. The topological polar surface area (TPSA) is 29.1 Å². The van der Waals surface area contributed by atoms with Crippen molar-refractivity contribution < 1.29 is 4.21 Å². The van der Waals surface area contributed by atoms with Crippen LogP contribution in [0.5, 0.6) is 0 Å².